The van der Waals surface area contributed by atoms with Crippen molar-refractivity contribution in [2.45, 2.75) is 45.1 Å². The van der Waals surface area contributed by atoms with Crippen LogP contribution in [0.3, 0.4) is 0 Å². The van der Waals surface area contributed by atoms with Gasteiger partial charge in [0.2, 0.25) is 0 Å². The standard InChI is InChI=1S/C15H22N2O/c1-2-3-10-16-15(18)17-14-9-8-12-6-4-5-7-13(12)11-14/h4-7,14H,2-3,8-11H2,1H3,(H2,16,17,18). The predicted octanol–water partition coefficient (Wildman–Crippen LogP) is 2.64. The van der Waals surface area contributed by atoms with Gasteiger partial charge in [-0.25, -0.2) is 4.79 Å². The lowest BCUT2D eigenvalue weighted by molar-refractivity contribution is 0.235. The number of fused-ring (bicyclic) bond motifs is 1. The molecule has 2 rings (SSSR count). The Kier molecular flexibility index (Phi) is 4.62. The Labute approximate surface area is 109 Å². The van der Waals surface area contributed by atoms with Crippen LogP contribution in [-0.4, -0.2) is 18.6 Å². The van der Waals surface area contributed by atoms with E-state index in [1.54, 1.807) is 0 Å². The molecule has 1 aromatic rings. The van der Waals surface area contributed by atoms with Crippen molar-refractivity contribution in [2.24, 2.45) is 0 Å². The Morgan fingerprint density at radius 1 is 1.33 bits per heavy atom. The van der Waals surface area contributed by atoms with E-state index in [-0.39, 0.29) is 12.1 Å². The summed E-state index contributed by atoms with van der Waals surface area (Å²) in [5.41, 5.74) is 2.81. The molecule has 0 spiro atoms. The fourth-order valence-electron chi connectivity index (χ4n) is 2.44. The van der Waals surface area contributed by atoms with Gasteiger partial charge in [-0.05, 0) is 36.8 Å². The van der Waals surface area contributed by atoms with E-state index in [0.717, 1.165) is 38.6 Å². The molecule has 3 nitrogen and oxygen atoms in total. The number of urea groups is 1. The van der Waals surface area contributed by atoms with Crippen molar-refractivity contribution in [2.75, 3.05) is 6.54 Å². The number of hydrogen-bond acceptors (Lipinski definition) is 1. The van der Waals surface area contributed by atoms with E-state index in [4.69, 9.17) is 0 Å². The van der Waals surface area contributed by atoms with Gasteiger partial charge in [-0.2, -0.15) is 0 Å². The van der Waals surface area contributed by atoms with Crippen molar-refractivity contribution in [1.29, 1.82) is 0 Å². The summed E-state index contributed by atoms with van der Waals surface area (Å²) in [7, 11) is 0. The Balaban J connectivity index is 1.80. The zero-order valence-corrected chi connectivity index (χ0v) is 11.0. The van der Waals surface area contributed by atoms with Crippen LogP contribution >= 0.6 is 0 Å². The van der Waals surface area contributed by atoms with Gasteiger partial charge in [-0.1, -0.05) is 37.6 Å². The zero-order chi connectivity index (χ0) is 12.8. The number of amides is 2. The number of carbonyl (C=O) groups is 1. The summed E-state index contributed by atoms with van der Waals surface area (Å²) in [6, 6.07) is 8.77. The smallest absolute Gasteiger partial charge is 0.315 e. The minimum atomic E-state index is -0.0205. The average Bonchev–Trinajstić information content (AvgIpc) is 2.39. The van der Waals surface area contributed by atoms with Crippen LogP contribution in [-0.2, 0) is 12.8 Å². The first-order chi connectivity index (χ1) is 8.79. The second-order valence-corrected chi connectivity index (χ2v) is 4.96. The molecule has 0 fully saturated rings. The molecule has 18 heavy (non-hydrogen) atoms. The maximum absolute atomic E-state index is 11.7. The number of benzene rings is 1. The second kappa shape index (κ2) is 6.43. The van der Waals surface area contributed by atoms with Crippen molar-refractivity contribution in [3.63, 3.8) is 0 Å². The molecule has 2 N–H and O–H groups in total. The highest BCUT2D eigenvalue weighted by Gasteiger charge is 2.19. The van der Waals surface area contributed by atoms with Gasteiger partial charge >= 0.3 is 6.03 Å². The second-order valence-electron chi connectivity index (χ2n) is 4.96. The Morgan fingerprint density at radius 3 is 2.89 bits per heavy atom. The Morgan fingerprint density at radius 2 is 2.11 bits per heavy atom. The molecule has 0 heterocycles. The summed E-state index contributed by atoms with van der Waals surface area (Å²) in [6.45, 7) is 2.89. The largest absolute Gasteiger partial charge is 0.338 e. The fraction of sp³-hybridized carbons (Fsp3) is 0.533. The highest BCUT2D eigenvalue weighted by Crippen LogP contribution is 2.20. The first-order valence-electron chi connectivity index (χ1n) is 6.90. The van der Waals surface area contributed by atoms with Crippen LogP contribution in [0.4, 0.5) is 4.79 Å². The van der Waals surface area contributed by atoms with E-state index in [1.165, 1.54) is 11.1 Å². The average molecular weight is 246 g/mol. The van der Waals surface area contributed by atoms with Gasteiger partial charge in [0.25, 0.3) is 0 Å². The van der Waals surface area contributed by atoms with Crippen LogP contribution in [0.25, 0.3) is 0 Å². The molecule has 1 atom stereocenters. The molecule has 1 unspecified atom stereocenters. The van der Waals surface area contributed by atoms with E-state index in [2.05, 4.69) is 41.8 Å². The predicted molar refractivity (Wildman–Crippen MR) is 73.7 cm³/mol. The SMILES string of the molecule is CCCCNC(=O)NC1CCc2ccccc2C1. The molecule has 0 radical (unpaired) electrons. The first kappa shape index (κ1) is 12.9. The molecule has 0 saturated carbocycles. The lowest BCUT2D eigenvalue weighted by atomic mass is 9.88. The topological polar surface area (TPSA) is 41.1 Å². The Hall–Kier alpha value is -1.51. The van der Waals surface area contributed by atoms with Crippen LogP contribution < -0.4 is 10.6 Å². The number of unbranched alkanes of at least 4 members (excludes halogenated alkanes) is 1. The molecule has 1 aromatic carbocycles. The third kappa shape index (κ3) is 3.49. The molecule has 98 valence electrons. The van der Waals surface area contributed by atoms with Crippen molar-refractivity contribution in [3.05, 3.63) is 35.4 Å². The maximum atomic E-state index is 11.7. The molecule has 0 aromatic heterocycles. The number of carbonyl (C=O) groups excluding carboxylic acids is 1. The van der Waals surface area contributed by atoms with Crippen molar-refractivity contribution < 1.29 is 4.79 Å². The van der Waals surface area contributed by atoms with Gasteiger partial charge < -0.3 is 10.6 Å². The van der Waals surface area contributed by atoms with Crippen LogP contribution in [0.2, 0.25) is 0 Å². The maximum Gasteiger partial charge on any atom is 0.315 e. The van der Waals surface area contributed by atoms with Crippen LogP contribution in [0.5, 0.6) is 0 Å². The fourth-order valence-corrected chi connectivity index (χ4v) is 2.44. The van der Waals surface area contributed by atoms with Crippen LogP contribution in [0.1, 0.15) is 37.3 Å². The van der Waals surface area contributed by atoms with Crippen LogP contribution in [0.15, 0.2) is 24.3 Å². The molecular weight excluding hydrogens is 224 g/mol. The lowest BCUT2D eigenvalue weighted by Crippen LogP contribution is -2.44. The van der Waals surface area contributed by atoms with E-state index in [9.17, 15) is 4.79 Å². The highest BCUT2D eigenvalue weighted by molar-refractivity contribution is 5.74. The van der Waals surface area contributed by atoms with E-state index in [0.29, 0.717) is 0 Å². The summed E-state index contributed by atoms with van der Waals surface area (Å²) < 4.78 is 0. The summed E-state index contributed by atoms with van der Waals surface area (Å²) >= 11 is 0. The minimum Gasteiger partial charge on any atom is -0.338 e. The van der Waals surface area contributed by atoms with E-state index >= 15 is 0 Å². The third-order valence-electron chi connectivity index (χ3n) is 3.50. The third-order valence-corrected chi connectivity index (χ3v) is 3.50. The molecule has 0 saturated heterocycles. The van der Waals surface area contributed by atoms with E-state index < -0.39 is 0 Å². The highest BCUT2D eigenvalue weighted by atomic mass is 16.2. The first-order valence-corrected chi connectivity index (χ1v) is 6.90. The van der Waals surface area contributed by atoms with Crippen molar-refractivity contribution in [1.82, 2.24) is 10.6 Å². The molecule has 0 aliphatic heterocycles. The zero-order valence-electron chi connectivity index (χ0n) is 11.0. The molecule has 1 aliphatic carbocycles. The van der Waals surface area contributed by atoms with Gasteiger partial charge in [0, 0.05) is 12.6 Å². The van der Waals surface area contributed by atoms with Crippen LogP contribution in [0, 0.1) is 0 Å². The monoisotopic (exact) mass is 246 g/mol. The number of hydrogen-bond donors (Lipinski definition) is 2. The van der Waals surface area contributed by atoms with Gasteiger partial charge in [0.05, 0.1) is 0 Å². The Bertz CT molecular complexity index is 403. The van der Waals surface area contributed by atoms with Crippen molar-refractivity contribution in [3.8, 4) is 0 Å². The van der Waals surface area contributed by atoms with E-state index in [1.807, 2.05) is 0 Å². The van der Waals surface area contributed by atoms with Gasteiger partial charge in [0.1, 0.15) is 0 Å². The number of nitrogens with one attached hydrogen (secondary N) is 2. The number of aryl methyl sites for hydroxylation is 1. The summed E-state index contributed by atoms with van der Waals surface area (Å²) in [6.07, 6.45) is 5.21. The quantitative estimate of drug-likeness (QED) is 0.788. The minimum absolute atomic E-state index is 0.0205. The molecule has 1 aliphatic rings. The number of rotatable bonds is 4. The normalized spacial score (nSPS) is 17.9. The molecular formula is C15H22N2O. The lowest BCUT2D eigenvalue weighted by Gasteiger charge is -2.25. The van der Waals surface area contributed by atoms with Crippen molar-refractivity contribution >= 4 is 6.03 Å². The summed E-state index contributed by atoms with van der Waals surface area (Å²) in [5.74, 6) is 0. The van der Waals surface area contributed by atoms with Gasteiger partial charge in [-0.15, -0.1) is 0 Å². The summed E-state index contributed by atoms with van der Waals surface area (Å²) in [5, 5.41) is 5.97. The van der Waals surface area contributed by atoms with Gasteiger partial charge in [0.15, 0.2) is 0 Å². The molecule has 0 bridgehead atoms. The molecule has 2 amide bonds. The summed E-state index contributed by atoms with van der Waals surface area (Å²) in [4.78, 5) is 11.7. The molecule has 3 heteroatoms. The van der Waals surface area contributed by atoms with Gasteiger partial charge in [-0.3, -0.25) is 0 Å².